The fraction of sp³-hybridized carbons (Fsp3) is 0.167. The minimum atomic E-state index is 0.911. The molecule has 2 heteroatoms. The van der Waals surface area contributed by atoms with Crippen molar-refractivity contribution in [2.45, 2.75) is 12.8 Å². The van der Waals surface area contributed by atoms with Gasteiger partial charge in [0.1, 0.15) is 11.5 Å². The molecule has 0 unspecified atom stereocenters. The topological polar surface area (TPSA) is 18.5 Å². The lowest BCUT2D eigenvalue weighted by atomic mass is 9.95. The molecule has 0 heterocycles. The van der Waals surface area contributed by atoms with Gasteiger partial charge in [0.2, 0.25) is 0 Å². The van der Waals surface area contributed by atoms with Crippen molar-refractivity contribution in [3.63, 3.8) is 0 Å². The smallest absolute Gasteiger partial charge is 0.119 e. The minimum Gasteiger partial charge on any atom is -0.497 e. The zero-order chi connectivity index (χ0) is 17.9. The molecule has 0 saturated carbocycles. The Kier molecular flexibility index (Phi) is 4.49. The molecule has 0 aromatic heterocycles. The molecule has 4 rings (SSSR count). The highest BCUT2D eigenvalue weighted by Gasteiger charge is 2.08. The van der Waals surface area contributed by atoms with Crippen molar-refractivity contribution in [2.75, 3.05) is 14.2 Å². The molecule has 0 spiro atoms. The van der Waals surface area contributed by atoms with Crippen LogP contribution in [0.5, 0.6) is 11.5 Å². The van der Waals surface area contributed by atoms with Gasteiger partial charge in [-0.05, 0) is 69.8 Å². The van der Waals surface area contributed by atoms with Gasteiger partial charge in [0.15, 0.2) is 0 Å². The molecular weight excluding hydrogens is 320 g/mol. The van der Waals surface area contributed by atoms with Gasteiger partial charge in [-0.15, -0.1) is 0 Å². The van der Waals surface area contributed by atoms with Crippen LogP contribution in [0.3, 0.4) is 0 Å². The van der Waals surface area contributed by atoms with Gasteiger partial charge >= 0.3 is 0 Å². The quantitative estimate of drug-likeness (QED) is 0.457. The van der Waals surface area contributed by atoms with Gasteiger partial charge in [0.05, 0.1) is 14.2 Å². The maximum absolute atomic E-state index is 5.50. The van der Waals surface area contributed by atoms with E-state index in [4.69, 9.17) is 9.47 Å². The van der Waals surface area contributed by atoms with Gasteiger partial charge in [-0.25, -0.2) is 0 Å². The Morgan fingerprint density at radius 1 is 0.577 bits per heavy atom. The monoisotopic (exact) mass is 342 g/mol. The lowest BCUT2D eigenvalue weighted by molar-refractivity contribution is 0.414. The minimum absolute atomic E-state index is 0.911. The van der Waals surface area contributed by atoms with Gasteiger partial charge in [-0.2, -0.15) is 0 Å². The third-order valence-corrected chi connectivity index (χ3v) is 4.98. The van der Waals surface area contributed by atoms with Crippen molar-refractivity contribution >= 4 is 21.5 Å². The van der Waals surface area contributed by atoms with Crippen LogP contribution in [0.2, 0.25) is 0 Å². The Hall–Kier alpha value is -3.00. The number of rotatable bonds is 5. The number of hydrogen-bond acceptors (Lipinski definition) is 2. The fourth-order valence-corrected chi connectivity index (χ4v) is 3.64. The second-order valence-electron chi connectivity index (χ2n) is 6.52. The van der Waals surface area contributed by atoms with Crippen molar-refractivity contribution in [3.8, 4) is 11.5 Å². The van der Waals surface area contributed by atoms with E-state index < -0.39 is 0 Å². The van der Waals surface area contributed by atoms with Crippen molar-refractivity contribution in [3.05, 3.63) is 83.9 Å². The highest BCUT2D eigenvalue weighted by Crippen LogP contribution is 2.29. The molecule has 0 aliphatic carbocycles. The second-order valence-corrected chi connectivity index (χ2v) is 6.52. The molecule has 0 radical (unpaired) electrons. The van der Waals surface area contributed by atoms with Crippen LogP contribution >= 0.6 is 0 Å². The predicted molar refractivity (Wildman–Crippen MR) is 108 cm³/mol. The molecule has 0 aliphatic rings. The largest absolute Gasteiger partial charge is 0.497 e. The zero-order valence-corrected chi connectivity index (χ0v) is 15.2. The van der Waals surface area contributed by atoms with Crippen LogP contribution in [0, 0.1) is 0 Å². The van der Waals surface area contributed by atoms with Crippen molar-refractivity contribution in [1.29, 1.82) is 0 Å². The second kappa shape index (κ2) is 7.09. The summed E-state index contributed by atoms with van der Waals surface area (Å²) in [6, 6.07) is 25.5. The average molecular weight is 342 g/mol. The van der Waals surface area contributed by atoms with Crippen molar-refractivity contribution in [2.24, 2.45) is 0 Å². The van der Waals surface area contributed by atoms with Gasteiger partial charge < -0.3 is 9.47 Å². The van der Waals surface area contributed by atoms with Crippen LogP contribution in [0.25, 0.3) is 21.5 Å². The average Bonchev–Trinajstić information content (AvgIpc) is 2.71. The normalized spacial score (nSPS) is 11.0. The van der Waals surface area contributed by atoms with Crippen molar-refractivity contribution in [1.82, 2.24) is 0 Å². The lowest BCUT2D eigenvalue weighted by Crippen LogP contribution is -1.96. The zero-order valence-electron chi connectivity index (χ0n) is 15.2. The molecule has 2 nitrogen and oxygen atoms in total. The summed E-state index contributed by atoms with van der Waals surface area (Å²) in [6.07, 6.45) is 1.91. The lowest BCUT2D eigenvalue weighted by Gasteiger charge is -2.12. The SMILES string of the molecule is COc1cc(CCc2cc(OC)cc3ccccc23)c2ccccc2c1. The Morgan fingerprint density at radius 2 is 1.00 bits per heavy atom. The highest BCUT2D eigenvalue weighted by atomic mass is 16.5. The summed E-state index contributed by atoms with van der Waals surface area (Å²) in [5, 5.41) is 5.02. The van der Waals surface area contributed by atoms with Gasteiger partial charge in [-0.1, -0.05) is 48.5 Å². The maximum atomic E-state index is 5.50. The molecule has 0 N–H and O–H groups in total. The van der Waals surface area contributed by atoms with E-state index >= 15 is 0 Å². The van der Waals surface area contributed by atoms with E-state index in [-0.39, 0.29) is 0 Å². The molecule has 0 bridgehead atoms. The van der Waals surface area contributed by atoms with Gasteiger partial charge in [0, 0.05) is 0 Å². The summed E-state index contributed by atoms with van der Waals surface area (Å²) in [4.78, 5) is 0. The molecule has 26 heavy (non-hydrogen) atoms. The van der Waals surface area contributed by atoms with Gasteiger partial charge in [0.25, 0.3) is 0 Å². The van der Waals surface area contributed by atoms with E-state index in [2.05, 4.69) is 72.8 Å². The first-order valence-electron chi connectivity index (χ1n) is 8.90. The Morgan fingerprint density at radius 3 is 1.42 bits per heavy atom. The molecule has 0 amide bonds. The van der Waals surface area contributed by atoms with Crippen molar-refractivity contribution < 1.29 is 9.47 Å². The molecule has 0 saturated heterocycles. The molecule has 0 atom stereocenters. The molecule has 130 valence electrons. The molecule has 0 aliphatic heterocycles. The van der Waals surface area contributed by atoms with E-state index in [1.165, 1.54) is 32.7 Å². The summed E-state index contributed by atoms with van der Waals surface area (Å²) >= 11 is 0. The Balaban J connectivity index is 1.74. The first kappa shape index (κ1) is 16.5. The maximum Gasteiger partial charge on any atom is 0.119 e. The van der Waals surface area contributed by atoms with Crippen LogP contribution in [-0.2, 0) is 12.8 Å². The number of methoxy groups -OCH3 is 2. The Labute approximate surface area is 154 Å². The summed E-state index contributed by atoms with van der Waals surface area (Å²) in [7, 11) is 3.45. The molecule has 0 fully saturated rings. The molecular formula is C24H22O2. The van der Waals surface area contributed by atoms with Crippen LogP contribution in [0.4, 0.5) is 0 Å². The fourth-order valence-electron chi connectivity index (χ4n) is 3.64. The van der Waals surface area contributed by atoms with E-state index in [0.29, 0.717) is 0 Å². The van der Waals surface area contributed by atoms with E-state index in [1.807, 2.05) is 0 Å². The number of fused-ring (bicyclic) bond motifs is 2. The summed E-state index contributed by atoms with van der Waals surface area (Å²) in [5.41, 5.74) is 2.62. The number of ether oxygens (including phenoxy) is 2. The molecule has 4 aromatic rings. The molecule has 4 aromatic carbocycles. The van der Waals surface area contributed by atoms with Crippen LogP contribution in [0.1, 0.15) is 11.1 Å². The van der Waals surface area contributed by atoms with Crippen LogP contribution in [0.15, 0.2) is 72.8 Å². The highest BCUT2D eigenvalue weighted by molar-refractivity contribution is 5.88. The number of hydrogen-bond donors (Lipinski definition) is 0. The van der Waals surface area contributed by atoms with E-state index in [1.54, 1.807) is 14.2 Å². The first-order valence-corrected chi connectivity index (χ1v) is 8.90. The van der Waals surface area contributed by atoms with E-state index in [0.717, 1.165) is 24.3 Å². The summed E-state index contributed by atoms with van der Waals surface area (Å²) in [5.74, 6) is 1.82. The predicted octanol–water partition coefficient (Wildman–Crippen LogP) is 5.80. The summed E-state index contributed by atoms with van der Waals surface area (Å²) < 4.78 is 11.0. The number of aryl methyl sites for hydroxylation is 2. The van der Waals surface area contributed by atoms with E-state index in [9.17, 15) is 0 Å². The Bertz CT molecular complexity index is 979. The third-order valence-electron chi connectivity index (χ3n) is 4.98. The van der Waals surface area contributed by atoms with Crippen LogP contribution < -0.4 is 9.47 Å². The third kappa shape index (κ3) is 3.11. The standard InChI is InChI=1S/C24H22O2/c1-25-21-13-17-7-3-5-9-23(17)19(15-21)11-12-20-16-22(26-2)14-18-8-4-6-10-24(18)20/h3-10,13-16H,11-12H2,1-2H3. The van der Waals surface area contributed by atoms with Gasteiger partial charge in [-0.3, -0.25) is 0 Å². The number of benzene rings is 4. The summed E-state index contributed by atoms with van der Waals surface area (Å²) in [6.45, 7) is 0. The first-order chi connectivity index (χ1) is 12.8. The van der Waals surface area contributed by atoms with Crippen LogP contribution in [-0.4, -0.2) is 14.2 Å².